The molecule has 0 spiro atoms. The molecule has 2 aromatic rings. The van der Waals surface area contributed by atoms with Crippen molar-refractivity contribution in [3.8, 4) is 0 Å². The molecule has 122 valence electrons. The minimum Gasteiger partial charge on any atom is -0.345 e. The van der Waals surface area contributed by atoms with Gasteiger partial charge in [0.25, 0.3) is 5.91 Å². The zero-order valence-electron chi connectivity index (χ0n) is 13.4. The fraction of sp³-hybridized carbons (Fsp3) is 0.353. The number of nitrogens with one attached hydrogen (secondary N) is 1. The quantitative estimate of drug-likeness (QED) is 0.631. The Hall–Kier alpha value is -2.21. The highest BCUT2D eigenvalue weighted by Gasteiger charge is 2.17. The molecule has 1 aromatic heterocycles. The third kappa shape index (κ3) is 4.63. The van der Waals surface area contributed by atoms with Gasteiger partial charge in [-0.05, 0) is 36.5 Å². The Balaban J connectivity index is 2.01. The number of hydrogen-bond acceptors (Lipinski definition) is 4. The zero-order chi connectivity index (χ0) is 17.0. The van der Waals surface area contributed by atoms with Crippen molar-refractivity contribution in [2.45, 2.75) is 33.2 Å². The summed E-state index contributed by atoms with van der Waals surface area (Å²) in [6, 6.07) is 10.9. The Morgan fingerprint density at radius 3 is 2.35 bits per heavy atom. The highest BCUT2D eigenvalue weighted by molar-refractivity contribution is 7.17. The molecule has 0 bridgehead atoms. The van der Waals surface area contributed by atoms with Crippen LogP contribution in [0.15, 0.2) is 36.4 Å². The predicted octanol–water partition coefficient (Wildman–Crippen LogP) is 4.35. The number of hydrogen-bond donors (Lipinski definition) is 1. The molecule has 6 heteroatoms. The molecule has 0 saturated heterocycles. The van der Waals surface area contributed by atoms with Crippen molar-refractivity contribution in [3.63, 3.8) is 0 Å². The van der Waals surface area contributed by atoms with Crippen molar-refractivity contribution in [2.75, 3.05) is 0 Å². The minimum absolute atomic E-state index is 0.0270. The topological polar surface area (TPSA) is 72.2 Å². The molecule has 1 N–H and O–H groups in total. The Morgan fingerprint density at radius 1 is 1.17 bits per heavy atom. The van der Waals surface area contributed by atoms with Crippen LogP contribution in [0.2, 0.25) is 0 Å². The van der Waals surface area contributed by atoms with Crippen LogP contribution >= 0.6 is 11.3 Å². The van der Waals surface area contributed by atoms with E-state index >= 15 is 0 Å². The van der Waals surface area contributed by atoms with Crippen molar-refractivity contribution < 1.29 is 9.72 Å². The van der Waals surface area contributed by atoms with Gasteiger partial charge in [0.2, 0.25) is 0 Å². The van der Waals surface area contributed by atoms with E-state index in [-0.39, 0.29) is 17.0 Å². The SMILES string of the molecule is CC(C)Cc1ccc([C@H](C)NC(=O)c2ccc([N+](=O)[O-])s2)cc1. The number of thiophene rings is 1. The lowest BCUT2D eigenvalue weighted by atomic mass is 10.00. The molecule has 0 saturated carbocycles. The zero-order valence-corrected chi connectivity index (χ0v) is 14.2. The lowest BCUT2D eigenvalue weighted by Gasteiger charge is -2.14. The van der Waals surface area contributed by atoms with E-state index in [0.717, 1.165) is 23.3 Å². The normalized spacial score (nSPS) is 12.2. The molecule has 1 heterocycles. The van der Waals surface area contributed by atoms with Gasteiger partial charge >= 0.3 is 5.00 Å². The van der Waals surface area contributed by atoms with Gasteiger partial charge in [0.1, 0.15) is 0 Å². The van der Waals surface area contributed by atoms with Crippen LogP contribution in [0.1, 0.15) is 47.6 Å². The molecule has 1 aromatic carbocycles. The molecular formula is C17H20N2O3S. The molecule has 2 rings (SSSR count). The van der Waals surface area contributed by atoms with E-state index in [9.17, 15) is 14.9 Å². The Morgan fingerprint density at radius 2 is 1.83 bits per heavy atom. The highest BCUT2D eigenvalue weighted by atomic mass is 32.1. The molecule has 23 heavy (non-hydrogen) atoms. The van der Waals surface area contributed by atoms with E-state index in [2.05, 4.69) is 31.3 Å². The largest absolute Gasteiger partial charge is 0.345 e. The first kappa shape index (κ1) is 17.1. The fourth-order valence-electron chi connectivity index (χ4n) is 2.31. The van der Waals surface area contributed by atoms with Crippen LogP contribution in [0.4, 0.5) is 5.00 Å². The van der Waals surface area contributed by atoms with E-state index in [1.54, 1.807) is 0 Å². The molecule has 5 nitrogen and oxygen atoms in total. The summed E-state index contributed by atoms with van der Waals surface area (Å²) in [4.78, 5) is 22.7. The van der Waals surface area contributed by atoms with E-state index in [1.807, 2.05) is 19.1 Å². The maximum Gasteiger partial charge on any atom is 0.324 e. The van der Waals surface area contributed by atoms with Crippen LogP contribution in [0.25, 0.3) is 0 Å². The van der Waals surface area contributed by atoms with Gasteiger partial charge in [-0.1, -0.05) is 49.4 Å². The van der Waals surface area contributed by atoms with Gasteiger partial charge in [0, 0.05) is 6.07 Å². The van der Waals surface area contributed by atoms with E-state index in [1.165, 1.54) is 17.7 Å². The Labute approximate surface area is 139 Å². The number of carbonyl (C=O) groups is 1. The first-order chi connectivity index (χ1) is 10.9. The molecule has 0 aliphatic rings. The Kier molecular flexibility index (Phi) is 5.50. The third-order valence-electron chi connectivity index (χ3n) is 3.47. The average molecular weight is 332 g/mol. The molecular weight excluding hydrogens is 312 g/mol. The van der Waals surface area contributed by atoms with Gasteiger partial charge in [-0.2, -0.15) is 0 Å². The van der Waals surface area contributed by atoms with Crippen molar-refractivity contribution in [1.29, 1.82) is 0 Å². The first-order valence-electron chi connectivity index (χ1n) is 7.50. The summed E-state index contributed by atoms with van der Waals surface area (Å²) in [5.41, 5.74) is 2.29. The van der Waals surface area contributed by atoms with Gasteiger partial charge in [0.05, 0.1) is 15.8 Å². The monoisotopic (exact) mass is 332 g/mol. The van der Waals surface area contributed by atoms with Crippen LogP contribution in [-0.2, 0) is 6.42 Å². The number of rotatable bonds is 6. The van der Waals surface area contributed by atoms with E-state index < -0.39 is 4.92 Å². The number of nitro groups is 1. The second kappa shape index (κ2) is 7.37. The molecule has 0 radical (unpaired) electrons. The summed E-state index contributed by atoms with van der Waals surface area (Å²) < 4.78 is 0. The molecule has 1 amide bonds. The summed E-state index contributed by atoms with van der Waals surface area (Å²) in [6.45, 7) is 6.26. The van der Waals surface area contributed by atoms with Gasteiger partial charge < -0.3 is 5.32 Å². The third-order valence-corrected chi connectivity index (χ3v) is 4.50. The molecule has 1 atom stereocenters. The molecule has 0 aliphatic carbocycles. The van der Waals surface area contributed by atoms with Crippen LogP contribution in [0, 0.1) is 16.0 Å². The number of nitrogens with zero attached hydrogens (tertiary/aromatic N) is 1. The van der Waals surface area contributed by atoms with Crippen molar-refractivity contribution in [3.05, 3.63) is 62.5 Å². The molecule has 0 fully saturated rings. The predicted molar refractivity (Wildman–Crippen MR) is 91.8 cm³/mol. The molecule has 0 unspecified atom stereocenters. The lowest BCUT2D eigenvalue weighted by molar-refractivity contribution is -0.380. The Bertz CT molecular complexity index is 692. The summed E-state index contributed by atoms with van der Waals surface area (Å²) in [7, 11) is 0. The fourth-order valence-corrected chi connectivity index (χ4v) is 3.04. The second-order valence-corrected chi connectivity index (χ2v) is 6.99. The van der Waals surface area contributed by atoms with Crippen LogP contribution in [-0.4, -0.2) is 10.8 Å². The average Bonchev–Trinajstić information content (AvgIpc) is 2.97. The summed E-state index contributed by atoms with van der Waals surface area (Å²) >= 11 is 0.884. The number of carbonyl (C=O) groups excluding carboxylic acids is 1. The van der Waals surface area contributed by atoms with Gasteiger partial charge in [-0.15, -0.1) is 0 Å². The van der Waals surface area contributed by atoms with E-state index in [0.29, 0.717) is 10.8 Å². The van der Waals surface area contributed by atoms with Gasteiger partial charge in [0.15, 0.2) is 0 Å². The maximum atomic E-state index is 12.2. The van der Waals surface area contributed by atoms with Gasteiger partial charge in [-0.3, -0.25) is 14.9 Å². The van der Waals surface area contributed by atoms with Crippen LogP contribution < -0.4 is 5.32 Å². The summed E-state index contributed by atoms with van der Waals surface area (Å²) in [5, 5.41) is 13.5. The number of benzene rings is 1. The minimum atomic E-state index is -0.488. The second-order valence-electron chi connectivity index (χ2n) is 5.93. The number of amides is 1. The van der Waals surface area contributed by atoms with E-state index in [4.69, 9.17) is 0 Å². The van der Waals surface area contributed by atoms with Crippen molar-refractivity contribution in [1.82, 2.24) is 5.32 Å². The standard InChI is InChI=1S/C17H20N2O3S/c1-11(2)10-13-4-6-14(7-5-13)12(3)18-17(20)15-8-9-16(23-15)19(21)22/h4-9,11-12H,10H2,1-3H3,(H,18,20)/t12-/m0/s1. The maximum absolute atomic E-state index is 12.2. The highest BCUT2D eigenvalue weighted by Crippen LogP contribution is 2.24. The van der Waals surface area contributed by atoms with Gasteiger partial charge in [-0.25, -0.2) is 0 Å². The van der Waals surface area contributed by atoms with Crippen molar-refractivity contribution in [2.24, 2.45) is 5.92 Å². The summed E-state index contributed by atoms with van der Waals surface area (Å²) in [6.07, 6.45) is 1.03. The van der Waals surface area contributed by atoms with Crippen molar-refractivity contribution >= 4 is 22.2 Å². The van der Waals surface area contributed by atoms with Crippen LogP contribution in [0.3, 0.4) is 0 Å². The smallest absolute Gasteiger partial charge is 0.324 e. The molecule has 0 aliphatic heterocycles. The lowest BCUT2D eigenvalue weighted by Crippen LogP contribution is -2.25. The summed E-state index contributed by atoms with van der Waals surface area (Å²) in [5.74, 6) is 0.314. The van der Waals surface area contributed by atoms with Crippen LogP contribution in [0.5, 0.6) is 0 Å². The first-order valence-corrected chi connectivity index (χ1v) is 8.32.